The molecule has 0 saturated heterocycles. The predicted octanol–water partition coefficient (Wildman–Crippen LogP) is 2.66. The second-order valence-corrected chi connectivity index (χ2v) is 4.57. The normalized spacial score (nSPS) is 11.9. The SMILES string of the molecule is O=C(NC(=O)c1ccc2c(c1)OCO2)Nc1c(F)cccc1F. The van der Waals surface area contributed by atoms with E-state index in [-0.39, 0.29) is 12.4 Å². The monoisotopic (exact) mass is 320 g/mol. The van der Waals surface area contributed by atoms with Crippen molar-refractivity contribution in [2.75, 3.05) is 12.1 Å². The number of nitrogens with one attached hydrogen (secondary N) is 2. The fraction of sp³-hybridized carbons (Fsp3) is 0.0667. The number of carbonyl (C=O) groups excluding carboxylic acids is 2. The van der Waals surface area contributed by atoms with Gasteiger partial charge in [0.2, 0.25) is 6.79 Å². The van der Waals surface area contributed by atoms with Crippen molar-refractivity contribution in [3.63, 3.8) is 0 Å². The van der Waals surface area contributed by atoms with Crippen molar-refractivity contribution in [2.45, 2.75) is 0 Å². The third-order valence-electron chi connectivity index (χ3n) is 3.06. The molecule has 0 aliphatic carbocycles. The van der Waals surface area contributed by atoms with E-state index in [4.69, 9.17) is 9.47 Å². The summed E-state index contributed by atoms with van der Waals surface area (Å²) in [5.74, 6) is -1.79. The summed E-state index contributed by atoms with van der Waals surface area (Å²) >= 11 is 0. The first-order valence-corrected chi connectivity index (χ1v) is 6.50. The van der Waals surface area contributed by atoms with Gasteiger partial charge in [-0.25, -0.2) is 13.6 Å². The number of carbonyl (C=O) groups is 2. The van der Waals surface area contributed by atoms with E-state index >= 15 is 0 Å². The van der Waals surface area contributed by atoms with E-state index in [2.05, 4.69) is 0 Å². The van der Waals surface area contributed by atoms with Gasteiger partial charge >= 0.3 is 6.03 Å². The summed E-state index contributed by atoms with van der Waals surface area (Å²) in [4.78, 5) is 23.7. The summed E-state index contributed by atoms with van der Waals surface area (Å²) in [5, 5.41) is 3.93. The van der Waals surface area contributed by atoms with Crippen LogP contribution < -0.4 is 20.1 Å². The van der Waals surface area contributed by atoms with Crippen molar-refractivity contribution in [3.8, 4) is 11.5 Å². The molecule has 8 heteroatoms. The first-order chi connectivity index (χ1) is 11.0. The van der Waals surface area contributed by atoms with Crippen LogP contribution in [-0.4, -0.2) is 18.7 Å². The number of para-hydroxylation sites is 1. The Morgan fingerprint density at radius 2 is 1.70 bits per heavy atom. The largest absolute Gasteiger partial charge is 0.454 e. The number of amides is 3. The Morgan fingerprint density at radius 1 is 1.00 bits per heavy atom. The van der Waals surface area contributed by atoms with Crippen molar-refractivity contribution in [2.24, 2.45) is 0 Å². The van der Waals surface area contributed by atoms with E-state index in [0.29, 0.717) is 11.5 Å². The zero-order chi connectivity index (χ0) is 16.4. The predicted molar refractivity (Wildman–Crippen MR) is 75.4 cm³/mol. The Labute approximate surface area is 129 Å². The zero-order valence-electron chi connectivity index (χ0n) is 11.6. The van der Waals surface area contributed by atoms with Gasteiger partial charge in [-0.15, -0.1) is 0 Å². The lowest BCUT2D eigenvalue weighted by atomic mass is 10.2. The highest BCUT2D eigenvalue weighted by molar-refractivity contribution is 6.08. The minimum Gasteiger partial charge on any atom is -0.454 e. The van der Waals surface area contributed by atoms with Crippen LogP contribution in [0, 0.1) is 11.6 Å². The van der Waals surface area contributed by atoms with Crippen molar-refractivity contribution in [1.29, 1.82) is 0 Å². The first-order valence-electron chi connectivity index (χ1n) is 6.50. The number of benzene rings is 2. The van der Waals surface area contributed by atoms with Crippen LogP contribution in [0.3, 0.4) is 0 Å². The lowest BCUT2D eigenvalue weighted by Crippen LogP contribution is -2.34. The molecule has 0 aromatic heterocycles. The Bertz CT molecular complexity index is 775. The maximum absolute atomic E-state index is 13.4. The third kappa shape index (κ3) is 3.05. The first kappa shape index (κ1) is 14.8. The van der Waals surface area contributed by atoms with Gasteiger partial charge in [-0.2, -0.15) is 0 Å². The van der Waals surface area contributed by atoms with Gasteiger partial charge < -0.3 is 14.8 Å². The number of fused-ring (bicyclic) bond motifs is 1. The molecule has 0 radical (unpaired) electrons. The molecule has 6 nitrogen and oxygen atoms in total. The molecule has 23 heavy (non-hydrogen) atoms. The Morgan fingerprint density at radius 3 is 2.43 bits per heavy atom. The summed E-state index contributed by atoms with van der Waals surface area (Å²) in [7, 11) is 0. The topological polar surface area (TPSA) is 76.7 Å². The second-order valence-electron chi connectivity index (χ2n) is 4.57. The van der Waals surface area contributed by atoms with Crippen molar-refractivity contribution < 1.29 is 27.8 Å². The van der Waals surface area contributed by atoms with Gasteiger partial charge in [0.1, 0.15) is 17.3 Å². The number of anilines is 1. The molecular weight excluding hydrogens is 310 g/mol. The molecule has 0 spiro atoms. The number of rotatable bonds is 2. The van der Waals surface area contributed by atoms with Crippen LogP contribution in [0.2, 0.25) is 0 Å². The Hall–Kier alpha value is -3.16. The standard InChI is InChI=1S/C15H10F2N2O4/c16-9-2-1-3-10(17)13(9)18-15(21)19-14(20)8-4-5-11-12(6-8)23-7-22-11/h1-6H,7H2,(H2,18,19,20,21). The van der Waals surface area contributed by atoms with E-state index in [1.165, 1.54) is 18.2 Å². The molecule has 1 heterocycles. The molecule has 0 atom stereocenters. The average molecular weight is 320 g/mol. The molecule has 0 saturated carbocycles. The Kier molecular flexibility index (Phi) is 3.80. The lowest BCUT2D eigenvalue weighted by Gasteiger charge is -2.08. The van der Waals surface area contributed by atoms with Crippen molar-refractivity contribution >= 4 is 17.6 Å². The van der Waals surface area contributed by atoms with Crippen LogP contribution in [0.15, 0.2) is 36.4 Å². The highest BCUT2D eigenvalue weighted by Crippen LogP contribution is 2.32. The third-order valence-corrected chi connectivity index (χ3v) is 3.06. The van der Waals surface area contributed by atoms with E-state index in [1.54, 1.807) is 0 Å². The van der Waals surface area contributed by atoms with Crippen LogP contribution in [0.4, 0.5) is 19.3 Å². The second kappa shape index (κ2) is 5.91. The molecule has 1 aliphatic heterocycles. The van der Waals surface area contributed by atoms with Crippen LogP contribution >= 0.6 is 0 Å². The van der Waals surface area contributed by atoms with E-state index < -0.39 is 29.3 Å². The minimum atomic E-state index is -1.06. The summed E-state index contributed by atoms with van der Waals surface area (Å²) in [6.45, 7) is 0.0491. The summed E-state index contributed by atoms with van der Waals surface area (Å²) in [5.41, 5.74) is -0.498. The highest BCUT2D eigenvalue weighted by Gasteiger charge is 2.18. The molecule has 3 rings (SSSR count). The van der Waals surface area contributed by atoms with E-state index in [1.807, 2.05) is 10.6 Å². The number of hydrogen-bond donors (Lipinski definition) is 2. The van der Waals surface area contributed by atoms with Gasteiger partial charge in [-0.05, 0) is 30.3 Å². The summed E-state index contributed by atoms with van der Waals surface area (Å²) < 4.78 is 37.1. The molecule has 3 amide bonds. The maximum atomic E-state index is 13.4. The quantitative estimate of drug-likeness (QED) is 0.892. The van der Waals surface area contributed by atoms with Crippen molar-refractivity contribution in [1.82, 2.24) is 5.32 Å². The van der Waals surface area contributed by atoms with Gasteiger partial charge in [0, 0.05) is 5.56 Å². The fourth-order valence-electron chi connectivity index (χ4n) is 1.98. The smallest absolute Gasteiger partial charge is 0.326 e. The van der Waals surface area contributed by atoms with Gasteiger partial charge in [0.25, 0.3) is 5.91 Å². The van der Waals surface area contributed by atoms with Crippen LogP contribution in [0.25, 0.3) is 0 Å². The number of halogens is 2. The molecule has 2 N–H and O–H groups in total. The number of imide groups is 1. The van der Waals surface area contributed by atoms with Crippen LogP contribution in [-0.2, 0) is 0 Å². The van der Waals surface area contributed by atoms with E-state index in [9.17, 15) is 18.4 Å². The van der Waals surface area contributed by atoms with E-state index in [0.717, 1.165) is 18.2 Å². The molecule has 118 valence electrons. The lowest BCUT2D eigenvalue weighted by molar-refractivity contribution is 0.0966. The Balaban J connectivity index is 1.69. The minimum absolute atomic E-state index is 0.0491. The molecule has 1 aliphatic rings. The molecule has 2 aromatic rings. The van der Waals surface area contributed by atoms with Gasteiger partial charge in [-0.3, -0.25) is 10.1 Å². The number of hydrogen-bond acceptors (Lipinski definition) is 4. The average Bonchev–Trinajstić information content (AvgIpc) is 2.98. The summed E-state index contributed by atoms with van der Waals surface area (Å²) in [6.07, 6.45) is 0. The molecule has 2 aromatic carbocycles. The van der Waals surface area contributed by atoms with Crippen LogP contribution in [0.1, 0.15) is 10.4 Å². The molecular formula is C15H10F2N2O4. The van der Waals surface area contributed by atoms with Gasteiger partial charge in [0.05, 0.1) is 0 Å². The van der Waals surface area contributed by atoms with Gasteiger partial charge in [-0.1, -0.05) is 6.07 Å². The van der Waals surface area contributed by atoms with Crippen molar-refractivity contribution in [3.05, 3.63) is 53.6 Å². The van der Waals surface area contributed by atoms with Gasteiger partial charge in [0.15, 0.2) is 11.5 Å². The number of ether oxygens (including phenoxy) is 2. The number of urea groups is 1. The molecule has 0 bridgehead atoms. The highest BCUT2D eigenvalue weighted by atomic mass is 19.1. The molecule has 0 fully saturated rings. The molecule has 0 unspecified atom stereocenters. The zero-order valence-corrected chi connectivity index (χ0v) is 11.6. The maximum Gasteiger partial charge on any atom is 0.326 e. The van der Waals surface area contributed by atoms with Crippen LogP contribution in [0.5, 0.6) is 11.5 Å². The summed E-state index contributed by atoms with van der Waals surface area (Å²) in [6, 6.07) is 6.42. The fourth-order valence-corrected chi connectivity index (χ4v) is 1.98.